The summed E-state index contributed by atoms with van der Waals surface area (Å²) in [5.74, 6) is -0.0903. The van der Waals surface area contributed by atoms with Gasteiger partial charge in [-0.25, -0.2) is 4.98 Å². The van der Waals surface area contributed by atoms with Crippen LogP contribution in [0.4, 0.5) is 5.69 Å². The van der Waals surface area contributed by atoms with Gasteiger partial charge in [-0.1, -0.05) is 0 Å². The second-order valence-corrected chi connectivity index (χ2v) is 5.11. The van der Waals surface area contributed by atoms with Crippen molar-refractivity contribution in [1.29, 1.82) is 5.26 Å². The SMILES string of the molecule is CN(CC(=O)Nc1ccc(C#N)cc1)Cc1cscn1. The molecule has 6 heteroatoms. The first kappa shape index (κ1) is 14.2. The van der Waals surface area contributed by atoms with Crippen LogP contribution in [-0.2, 0) is 11.3 Å². The Morgan fingerprint density at radius 3 is 2.80 bits per heavy atom. The molecule has 5 nitrogen and oxygen atoms in total. The van der Waals surface area contributed by atoms with E-state index in [1.54, 1.807) is 41.1 Å². The molecule has 0 aliphatic carbocycles. The first-order valence-electron chi connectivity index (χ1n) is 6.03. The number of amides is 1. The van der Waals surface area contributed by atoms with Crippen LogP contribution in [0.25, 0.3) is 0 Å². The van der Waals surface area contributed by atoms with E-state index in [1.165, 1.54) is 0 Å². The van der Waals surface area contributed by atoms with E-state index in [-0.39, 0.29) is 12.5 Å². The van der Waals surface area contributed by atoms with Gasteiger partial charge >= 0.3 is 0 Å². The first-order valence-corrected chi connectivity index (χ1v) is 6.97. The number of nitrogens with zero attached hydrogens (tertiary/aromatic N) is 3. The van der Waals surface area contributed by atoms with Crippen molar-refractivity contribution in [3.63, 3.8) is 0 Å². The number of nitriles is 1. The summed E-state index contributed by atoms with van der Waals surface area (Å²) < 4.78 is 0. The van der Waals surface area contributed by atoms with Crippen LogP contribution in [0.3, 0.4) is 0 Å². The topological polar surface area (TPSA) is 69.0 Å². The summed E-state index contributed by atoms with van der Waals surface area (Å²) in [6.45, 7) is 0.932. The molecule has 0 aliphatic heterocycles. The number of hydrogen-bond donors (Lipinski definition) is 1. The fourth-order valence-electron chi connectivity index (χ4n) is 1.72. The van der Waals surface area contributed by atoms with Gasteiger partial charge in [0.05, 0.1) is 29.4 Å². The van der Waals surface area contributed by atoms with Crippen molar-refractivity contribution < 1.29 is 4.79 Å². The molecule has 0 aliphatic rings. The quantitative estimate of drug-likeness (QED) is 0.913. The van der Waals surface area contributed by atoms with Crippen LogP contribution in [-0.4, -0.2) is 29.4 Å². The third kappa shape index (κ3) is 4.16. The maximum atomic E-state index is 11.9. The Morgan fingerprint density at radius 2 is 2.20 bits per heavy atom. The fourth-order valence-corrected chi connectivity index (χ4v) is 2.27. The Labute approximate surface area is 121 Å². The lowest BCUT2D eigenvalue weighted by Gasteiger charge is -2.14. The number of hydrogen-bond acceptors (Lipinski definition) is 5. The summed E-state index contributed by atoms with van der Waals surface area (Å²) >= 11 is 1.54. The van der Waals surface area contributed by atoms with Crippen molar-refractivity contribution >= 4 is 22.9 Å². The number of carbonyl (C=O) groups is 1. The molecule has 0 unspecified atom stereocenters. The standard InChI is InChI=1S/C14H14N4OS/c1-18(7-13-9-20-10-16-13)8-14(19)17-12-4-2-11(6-15)3-5-12/h2-5,9-10H,7-8H2,1H3,(H,17,19). The molecule has 1 amide bonds. The fraction of sp³-hybridized carbons (Fsp3) is 0.214. The molecular weight excluding hydrogens is 272 g/mol. The van der Waals surface area contributed by atoms with E-state index < -0.39 is 0 Å². The highest BCUT2D eigenvalue weighted by atomic mass is 32.1. The lowest BCUT2D eigenvalue weighted by Crippen LogP contribution is -2.29. The minimum Gasteiger partial charge on any atom is -0.325 e. The Morgan fingerprint density at radius 1 is 1.45 bits per heavy atom. The van der Waals surface area contributed by atoms with E-state index >= 15 is 0 Å². The molecular formula is C14H14N4OS. The summed E-state index contributed by atoms with van der Waals surface area (Å²) in [5.41, 5.74) is 4.00. The van der Waals surface area contributed by atoms with E-state index in [0.717, 1.165) is 5.69 Å². The average Bonchev–Trinajstić information content (AvgIpc) is 2.92. The molecule has 0 saturated heterocycles. The Kier molecular flexibility index (Phi) is 4.82. The van der Waals surface area contributed by atoms with Crippen molar-refractivity contribution in [2.75, 3.05) is 18.9 Å². The zero-order valence-electron chi connectivity index (χ0n) is 11.0. The van der Waals surface area contributed by atoms with Crippen LogP contribution < -0.4 is 5.32 Å². The summed E-state index contributed by atoms with van der Waals surface area (Å²) in [7, 11) is 1.87. The highest BCUT2D eigenvalue weighted by Crippen LogP contribution is 2.09. The molecule has 2 rings (SSSR count). The van der Waals surface area contributed by atoms with Crippen molar-refractivity contribution in [2.45, 2.75) is 6.54 Å². The van der Waals surface area contributed by atoms with Crippen LogP contribution in [0.5, 0.6) is 0 Å². The molecule has 102 valence electrons. The Bertz CT molecular complexity index is 601. The van der Waals surface area contributed by atoms with Crippen LogP contribution in [0.2, 0.25) is 0 Å². The summed E-state index contributed by atoms with van der Waals surface area (Å²) in [6.07, 6.45) is 0. The normalized spacial score (nSPS) is 10.2. The molecule has 0 atom stereocenters. The highest BCUT2D eigenvalue weighted by molar-refractivity contribution is 7.07. The Balaban J connectivity index is 1.83. The van der Waals surface area contributed by atoms with Gasteiger partial charge in [0.25, 0.3) is 0 Å². The van der Waals surface area contributed by atoms with Crippen molar-refractivity contribution in [1.82, 2.24) is 9.88 Å². The van der Waals surface area contributed by atoms with Crippen LogP contribution in [0.1, 0.15) is 11.3 Å². The molecule has 20 heavy (non-hydrogen) atoms. The largest absolute Gasteiger partial charge is 0.325 e. The predicted molar refractivity (Wildman–Crippen MR) is 78.2 cm³/mol. The molecule has 1 aromatic carbocycles. The van der Waals surface area contributed by atoms with Crippen LogP contribution in [0, 0.1) is 11.3 Å². The number of carbonyl (C=O) groups excluding carboxylic acids is 1. The average molecular weight is 286 g/mol. The lowest BCUT2D eigenvalue weighted by molar-refractivity contribution is -0.117. The minimum atomic E-state index is -0.0903. The zero-order chi connectivity index (χ0) is 14.4. The number of thiazole rings is 1. The molecule has 0 saturated carbocycles. The monoisotopic (exact) mass is 286 g/mol. The van der Waals surface area contributed by atoms with Gasteiger partial charge in [0.2, 0.25) is 5.91 Å². The van der Waals surface area contributed by atoms with Crippen molar-refractivity contribution in [3.05, 3.63) is 46.4 Å². The third-order valence-electron chi connectivity index (χ3n) is 2.63. The lowest BCUT2D eigenvalue weighted by atomic mass is 10.2. The predicted octanol–water partition coefficient (Wildman–Crippen LogP) is 2.09. The van der Waals surface area contributed by atoms with E-state index in [0.29, 0.717) is 17.8 Å². The van der Waals surface area contributed by atoms with E-state index in [4.69, 9.17) is 5.26 Å². The van der Waals surface area contributed by atoms with Gasteiger partial charge in [0.1, 0.15) is 0 Å². The van der Waals surface area contributed by atoms with E-state index in [9.17, 15) is 4.79 Å². The molecule has 0 fully saturated rings. The van der Waals surface area contributed by atoms with Gasteiger partial charge in [-0.05, 0) is 31.3 Å². The maximum Gasteiger partial charge on any atom is 0.238 e. The molecule has 1 N–H and O–H groups in total. The summed E-state index contributed by atoms with van der Waals surface area (Å²) in [4.78, 5) is 17.9. The van der Waals surface area contributed by atoms with Gasteiger partial charge < -0.3 is 5.32 Å². The Hall–Kier alpha value is -2.23. The molecule has 1 heterocycles. The van der Waals surface area contributed by atoms with Gasteiger partial charge in [-0.3, -0.25) is 9.69 Å². The van der Waals surface area contributed by atoms with Crippen molar-refractivity contribution in [3.8, 4) is 6.07 Å². The molecule has 0 spiro atoms. The van der Waals surface area contributed by atoms with Crippen molar-refractivity contribution in [2.24, 2.45) is 0 Å². The second kappa shape index (κ2) is 6.80. The van der Waals surface area contributed by atoms with Crippen LogP contribution >= 0.6 is 11.3 Å². The van der Waals surface area contributed by atoms with Gasteiger partial charge in [0.15, 0.2) is 0 Å². The van der Waals surface area contributed by atoms with E-state index in [2.05, 4.69) is 10.3 Å². The third-order valence-corrected chi connectivity index (χ3v) is 3.26. The second-order valence-electron chi connectivity index (χ2n) is 4.39. The van der Waals surface area contributed by atoms with Gasteiger partial charge in [-0.2, -0.15) is 5.26 Å². The number of nitrogens with one attached hydrogen (secondary N) is 1. The number of aromatic nitrogens is 1. The van der Waals surface area contributed by atoms with Gasteiger partial charge in [-0.15, -0.1) is 11.3 Å². The summed E-state index contributed by atoms with van der Waals surface area (Å²) in [6, 6.07) is 8.83. The first-order chi connectivity index (χ1) is 9.67. The van der Waals surface area contributed by atoms with Crippen LogP contribution in [0.15, 0.2) is 35.2 Å². The molecule has 2 aromatic rings. The summed E-state index contributed by atoms with van der Waals surface area (Å²) in [5, 5.41) is 13.5. The maximum absolute atomic E-state index is 11.9. The minimum absolute atomic E-state index is 0.0903. The number of likely N-dealkylation sites (N-methyl/N-ethyl adjacent to an activating group) is 1. The van der Waals surface area contributed by atoms with E-state index in [1.807, 2.05) is 23.4 Å². The zero-order valence-corrected chi connectivity index (χ0v) is 11.9. The molecule has 0 bridgehead atoms. The highest BCUT2D eigenvalue weighted by Gasteiger charge is 2.08. The number of anilines is 1. The number of benzene rings is 1. The molecule has 0 radical (unpaired) electrons. The van der Waals surface area contributed by atoms with Gasteiger partial charge in [0, 0.05) is 17.6 Å². The molecule has 1 aromatic heterocycles. The number of rotatable bonds is 5. The smallest absolute Gasteiger partial charge is 0.238 e.